The number of hydrogen-bond donors (Lipinski definition) is 2. The van der Waals surface area contributed by atoms with E-state index in [9.17, 15) is 4.79 Å². The summed E-state index contributed by atoms with van der Waals surface area (Å²) in [6, 6.07) is 23.0. The van der Waals surface area contributed by atoms with Crippen molar-refractivity contribution < 1.29 is 28.5 Å². The Morgan fingerprint density at radius 2 is 1.26 bits per heavy atom. The number of ether oxygens (including phenoxy) is 4. The van der Waals surface area contributed by atoms with E-state index in [2.05, 4.69) is 62.5 Å². The third-order valence-electron chi connectivity index (χ3n) is 6.78. The highest BCUT2D eigenvalue weighted by Crippen LogP contribution is 2.32. The van der Waals surface area contributed by atoms with Gasteiger partial charge in [-0.2, -0.15) is 0 Å². The standard InChI is InChI=1S/C33H41NO5.C4H9N.CH2O/c1-4-5-6-7-8-29-23-28(13-18-32(29)27-11-16-31(17-12-27)37-20-19-36-3)26-9-14-30(15-10-26)38-21-22-39-33(35)25(2)24-34;1-4(2)3-5;1-2/h9-18,23H,2,4-8,19-22,24,34H2,1,3H3;1,3,5H2,2H3;1H2. The maximum Gasteiger partial charge on any atom is 0.334 e. The molecule has 46 heavy (non-hydrogen) atoms. The average molecular weight is 633 g/mol. The predicted octanol–water partition coefficient (Wildman–Crippen LogP) is 6.94. The number of unbranched alkanes of at least 4 members (excludes halogenated alkanes) is 3. The van der Waals surface area contributed by atoms with E-state index >= 15 is 0 Å². The van der Waals surface area contributed by atoms with Gasteiger partial charge in [0.25, 0.3) is 0 Å². The summed E-state index contributed by atoms with van der Waals surface area (Å²) in [5.41, 5.74) is 17.8. The quantitative estimate of drug-likeness (QED) is 0.0669. The largest absolute Gasteiger partial charge is 0.491 e. The Labute approximate surface area is 275 Å². The van der Waals surface area contributed by atoms with E-state index in [4.69, 9.17) is 35.2 Å². The molecule has 0 bridgehead atoms. The molecule has 3 aromatic rings. The van der Waals surface area contributed by atoms with Gasteiger partial charge in [-0.15, -0.1) is 0 Å². The van der Waals surface area contributed by atoms with Crippen LogP contribution in [0.15, 0.2) is 91.0 Å². The van der Waals surface area contributed by atoms with Gasteiger partial charge in [-0.3, -0.25) is 0 Å². The number of aryl methyl sites for hydroxylation is 1. The lowest BCUT2D eigenvalue weighted by atomic mass is 9.92. The molecule has 0 aliphatic carbocycles. The number of carbonyl (C=O) groups excluding carboxylic acids is 2. The first-order chi connectivity index (χ1) is 22.3. The van der Waals surface area contributed by atoms with E-state index in [1.165, 1.54) is 47.9 Å². The molecule has 0 aromatic heterocycles. The Balaban J connectivity index is 0.00000137. The number of rotatable bonds is 18. The van der Waals surface area contributed by atoms with E-state index in [0.29, 0.717) is 19.8 Å². The van der Waals surface area contributed by atoms with Gasteiger partial charge in [0.15, 0.2) is 0 Å². The van der Waals surface area contributed by atoms with Crippen molar-refractivity contribution in [2.45, 2.75) is 46.0 Å². The minimum absolute atomic E-state index is 0.0825. The van der Waals surface area contributed by atoms with Crippen LogP contribution in [0.3, 0.4) is 0 Å². The van der Waals surface area contributed by atoms with Crippen molar-refractivity contribution in [3.8, 4) is 33.8 Å². The van der Waals surface area contributed by atoms with Gasteiger partial charge in [0.1, 0.15) is 38.1 Å². The van der Waals surface area contributed by atoms with Gasteiger partial charge >= 0.3 is 5.97 Å². The first-order valence-electron chi connectivity index (χ1n) is 15.6. The zero-order valence-corrected chi connectivity index (χ0v) is 27.9. The molecule has 0 radical (unpaired) electrons. The molecule has 250 valence electrons. The molecular weight excluding hydrogens is 580 g/mol. The zero-order valence-electron chi connectivity index (χ0n) is 27.9. The fourth-order valence-electron chi connectivity index (χ4n) is 4.20. The molecule has 0 aliphatic rings. The molecule has 8 nitrogen and oxygen atoms in total. The predicted molar refractivity (Wildman–Crippen MR) is 188 cm³/mol. The van der Waals surface area contributed by atoms with Crippen LogP contribution < -0.4 is 20.9 Å². The summed E-state index contributed by atoms with van der Waals surface area (Å²) >= 11 is 0. The second kappa shape index (κ2) is 24.1. The second-order valence-electron chi connectivity index (χ2n) is 10.5. The summed E-state index contributed by atoms with van der Waals surface area (Å²) in [6.07, 6.45) is 5.90. The van der Waals surface area contributed by atoms with Gasteiger partial charge in [0.05, 0.1) is 6.61 Å². The van der Waals surface area contributed by atoms with Crippen LogP contribution in [0.25, 0.3) is 22.3 Å². The van der Waals surface area contributed by atoms with Crippen molar-refractivity contribution >= 4 is 12.8 Å². The molecule has 0 atom stereocenters. The van der Waals surface area contributed by atoms with Crippen molar-refractivity contribution in [3.05, 3.63) is 96.6 Å². The lowest BCUT2D eigenvalue weighted by Crippen LogP contribution is -2.17. The molecule has 0 amide bonds. The molecular formula is C38H52N2O6. The van der Waals surface area contributed by atoms with Crippen molar-refractivity contribution in [1.29, 1.82) is 0 Å². The van der Waals surface area contributed by atoms with Crippen LogP contribution in [0.4, 0.5) is 0 Å². The zero-order chi connectivity index (χ0) is 34.2. The summed E-state index contributed by atoms with van der Waals surface area (Å²) in [5, 5.41) is 0. The Morgan fingerprint density at radius 1 is 0.717 bits per heavy atom. The fraction of sp³-hybridized carbons (Fsp3) is 0.368. The number of esters is 1. The van der Waals surface area contributed by atoms with Crippen LogP contribution in [0, 0.1) is 0 Å². The van der Waals surface area contributed by atoms with Gasteiger partial charge < -0.3 is 35.2 Å². The number of hydrogen-bond acceptors (Lipinski definition) is 8. The van der Waals surface area contributed by atoms with Gasteiger partial charge in [-0.05, 0) is 71.8 Å². The van der Waals surface area contributed by atoms with Gasteiger partial charge in [0, 0.05) is 25.8 Å². The maximum atomic E-state index is 11.6. The van der Waals surface area contributed by atoms with E-state index < -0.39 is 5.97 Å². The third-order valence-corrected chi connectivity index (χ3v) is 6.78. The van der Waals surface area contributed by atoms with Crippen LogP contribution in [0.1, 0.15) is 45.1 Å². The van der Waals surface area contributed by atoms with Crippen LogP contribution in [0.2, 0.25) is 0 Å². The smallest absolute Gasteiger partial charge is 0.334 e. The van der Waals surface area contributed by atoms with Gasteiger partial charge in [0.2, 0.25) is 0 Å². The monoisotopic (exact) mass is 632 g/mol. The van der Waals surface area contributed by atoms with E-state index in [1.807, 2.05) is 38.0 Å². The molecule has 3 rings (SSSR count). The summed E-state index contributed by atoms with van der Waals surface area (Å²) in [7, 11) is 1.67. The van der Waals surface area contributed by atoms with Gasteiger partial charge in [-0.1, -0.05) is 87.4 Å². The summed E-state index contributed by atoms with van der Waals surface area (Å²) in [6.45, 7) is 15.5. The van der Waals surface area contributed by atoms with E-state index in [1.54, 1.807) is 7.11 Å². The molecule has 0 saturated heterocycles. The molecule has 0 spiro atoms. The first kappa shape index (κ1) is 39.8. The van der Waals surface area contributed by atoms with Crippen molar-refractivity contribution in [3.63, 3.8) is 0 Å². The summed E-state index contributed by atoms with van der Waals surface area (Å²) in [4.78, 5) is 19.6. The molecule has 4 N–H and O–H groups in total. The lowest BCUT2D eigenvalue weighted by molar-refractivity contribution is -0.139. The number of carbonyl (C=O) groups is 2. The Kier molecular flexibility index (Phi) is 20.8. The molecule has 0 fully saturated rings. The molecule has 0 heterocycles. The highest BCUT2D eigenvalue weighted by molar-refractivity contribution is 5.88. The minimum atomic E-state index is -0.489. The normalized spacial score (nSPS) is 10.0. The Bertz CT molecular complexity index is 1310. The lowest BCUT2D eigenvalue weighted by Gasteiger charge is -2.14. The van der Waals surface area contributed by atoms with E-state index in [0.717, 1.165) is 29.1 Å². The number of nitrogens with two attached hydrogens (primary N) is 2. The number of methoxy groups -OCH3 is 1. The third kappa shape index (κ3) is 15.2. The highest BCUT2D eigenvalue weighted by atomic mass is 16.6. The van der Waals surface area contributed by atoms with Crippen molar-refractivity contribution in [2.75, 3.05) is 46.6 Å². The molecule has 3 aromatic carbocycles. The highest BCUT2D eigenvalue weighted by Gasteiger charge is 2.10. The Hall–Kier alpha value is -4.24. The van der Waals surface area contributed by atoms with Crippen molar-refractivity contribution in [2.24, 2.45) is 11.5 Å². The Morgan fingerprint density at radius 3 is 1.78 bits per heavy atom. The molecule has 8 heteroatoms. The maximum absolute atomic E-state index is 11.6. The number of benzene rings is 3. The van der Waals surface area contributed by atoms with Gasteiger partial charge in [-0.25, -0.2) is 4.79 Å². The average Bonchev–Trinajstić information content (AvgIpc) is 3.10. The second-order valence-corrected chi connectivity index (χ2v) is 10.5. The van der Waals surface area contributed by atoms with Crippen LogP contribution in [0.5, 0.6) is 11.5 Å². The summed E-state index contributed by atoms with van der Waals surface area (Å²) in [5.74, 6) is 1.08. The topological polar surface area (TPSA) is 123 Å². The van der Waals surface area contributed by atoms with E-state index in [-0.39, 0.29) is 25.3 Å². The van der Waals surface area contributed by atoms with Crippen LogP contribution >= 0.6 is 0 Å². The van der Waals surface area contributed by atoms with Crippen LogP contribution in [-0.4, -0.2) is 59.4 Å². The fourth-order valence-corrected chi connectivity index (χ4v) is 4.20. The SMILES string of the molecule is C=C(C)CN.C=C(CN)C(=O)OCCOc1ccc(-c2ccc(-c3ccc(OCCOC)cc3)c(CCCCCC)c2)cc1.C=O. The van der Waals surface area contributed by atoms with Crippen molar-refractivity contribution in [1.82, 2.24) is 0 Å². The van der Waals surface area contributed by atoms with Crippen LogP contribution in [-0.2, 0) is 25.5 Å². The molecule has 0 unspecified atom stereocenters. The molecule has 0 aliphatic heterocycles. The summed E-state index contributed by atoms with van der Waals surface area (Å²) < 4.78 is 21.6. The first-order valence-corrected chi connectivity index (χ1v) is 15.6. The molecule has 0 saturated carbocycles. The minimum Gasteiger partial charge on any atom is -0.491 e.